The molecule has 0 fully saturated rings. The number of nitrogens with zero attached hydrogens (tertiary/aromatic N) is 1. The average molecular weight is 271 g/mol. The van der Waals surface area contributed by atoms with Crippen molar-refractivity contribution in [2.45, 2.75) is 24.8 Å². The number of carbonyl (C=O) groups excluding carboxylic acids is 1. The molecule has 1 rings (SSSR count). The van der Waals surface area contributed by atoms with Crippen molar-refractivity contribution in [3.63, 3.8) is 0 Å². The number of sulfonamides is 1. The van der Waals surface area contributed by atoms with Crippen LogP contribution in [0.3, 0.4) is 0 Å². The van der Waals surface area contributed by atoms with Crippen molar-refractivity contribution in [1.82, 2.24) is 4.31 Å². The molecule has 0 saturated carbocycles. The number of likely N-dealkylation sites (N-methyl/N-ethyl adjacent to an activating group) is 1. The summed E-state index contributed by atoms with van der Waals surface area (Å²) >= 11 is 0. The summed E-state index contributed by atoms with van der Waals surface area (Å²) in [6, 6.07) is 5.60. The molecule has 0 aliphatic heterocycles. The van der Waals surface area contributed by atoms with Crippen molar-refractivity contribution in [3.05, 3.63) is 29.8 Å². The van der Waals surface area contributed by atoms with Crippen LogP contribution in [0.25, 0.3) is 0 Å². The number of hydrogen-bond acceptors (Lipinski definition) is 4. The third kappa shape index (κ3) is 2.88. The maximum Gasteiger partial charge on any atom is 0.323 e. The van der Waals surface area contributed by atoms with Gasteiger partial charge < -0.3 is 4.74 Å². The number of esters is 1. The average Bonchev–Trinajstić information content (AvgIpc) is 2.36. The minimum absolute atomic E-state index is 0.159. The van der Waals surface area contributed by atoms with E-state index >= 15 is 0 Å². The number of carbonyl (C=O) groups is 1. The second-order valence-corrected chi connectivity index (χ2v) is 6.03. The topological polar surface area (TPSA) is 63.7 Å². The van der Waals surface area contributed by atoms with Gasteiger partial charge in [0.15, 0.2) is 0 Å². The molecule has 0 saturated heterocycles. The molecule has 0 bridgehead atoms. The quantitative estimate of drug-likeness (QED) is 0.771. The van der Waals surface area contributed by atoms with Gasteiger partial charge in [-0.15, -0.1) is 0 Å². The Morgan fingerprint density at radius 3 is 2.22 bits per heavy atom. The van der Waals surface area contributed by atoms with Gasteiger partial charge in [0.1, 0.15) is 6.04 Å². The maximum absolute atomic E-state index is 12.2. The Hall–Kier alpha value is -1.40. The molecule has 1 atom stereocenters. The molecular weight excluding hydrogens is 254 g/mol. The Balaban J connectivity index is 3.07. The minimum atomic E-state index is -3.68. The van der Waals surface area contributed by atoms with Crippen molar-refractivity contribution < 1.29 is 17.9 Å². The zero-order valence-electron chi connectivity index (χ0n) is 10.9. The molecule has 0 aliphatic carbocycles. The van der Waals surface area contributed by atoms with E-state index in [0.717, 1.165) is 9.87 Å². The first kappa shape index (κ1) is 14.7. The van der Waals surface area contributed by atoms with Gasteiger partial charge in [-0.05, 0) is 26.0 Å². The lowest BCUT2D eigenvalue weighted by atomic mass is 10.2. The van der Waals surface area contributed by atoms with Crippen molar-refractivity contribution in [2.24, 2.45) is 0 Å². The van der Waals surface area contributed by atoms with E-state index in [2.05, 4.69) is 4.74 Å². The zero-order valence-corrected chi connectivity index (χ0v) is 11.7. The molecular formula is C12H17NO4S. The second-order valence-electron chi connectivity index (χ2n) is 4.03. The Morgan fingerprint density at radius 1 is 1.28 bits per heavy atom. The van der Waals surface area contributed by atoms with Gasteiger partial charge in [-0.3, -0.25) is 4.79 Å². The fourth-order valence-corrected chi connectivity index (χ4v) is 2.72. The van der Waals surface area contributed by atoms with Gasteiger partial charge in [0.05, 0.1) is 12.0 Å². The van der Waals surface area contributed by atoms with E-state index in [9.17, 15) is 13.2 Å². The lowest BCUT2D eigenvalue weighted by molar-refractivity contribution is -0.144. The number of rotatable bonds is 4. The Labute approximate surface area is 107 Å². The van der Waals surface area contributed by atoms with Gasteiger partial charge in [0, 0.05) is 7.05 Å². The van der Waals surface area contributed by atoms with Gasteiger partial charge in [0.2, 0.25) is 10.0 Å². The highest BCUT2D eigenvalue weighted by atomic mass is 32.2. The van der Waals surface area contributed by atoms with Crippen LogP contribution in [0, 0.1) is 6.92 Å². The first-order valence-corrected chi connectivity index (χ1v) is 6.87. The summed E-state index contributed by atoms with van der Waals surface area (Å²) in [5, 5.41) is 0. The van der Waals surface area contributed by atoms with Gasteiger partial charge in [-0.1, -0.05) is 17.7 Å². The van der Waals surface area contributed by atoms with E-state index in [1.54, 1.807) is 12.1 Å². The van der Waals surface area contributed by atoms with E-state index in [1.807, 2.05) is 6.92 Å². The molecule has 0 heterocycles. The number of aryl methyl sites for hydroxylation is 1. The second kappa shape index (κ2) is 5.49. The van der Waals surface area contributed by atoms with Crippen molar-refractivity contribution in [1.29, 1.82) is 0 Å². The number of benzene rings is 1. The van der Waals surface area contributed by atoms with Crippen LogP contribution in [0.1, 0.15) is 12.5 Å². The summed E-state index contributed by atoms with van der Waals surface area (Å²) in [7, 11) is -1.09. The lowest BCUT2D eigenvalue weighted by Gasteiger charge is -2.22. The van der Waals surface area contributed by atoms with Crippen LogP contribution in [0.2, 0.25) is 0 Å². The molecule has 5 nitrogen and oxygen atoms in total. The van der Waals surface area contributed by atoms with E-state index in [4.69, 9.17) is 0 Å². The molecule has 0 N–H and O–H groups in total. The summed E-state index contributed by atoms with van der Waals surface area (Å²) in [5.41, 5.74) is 0.970. The molecule has 0 aliphatic rings. The van der Waals surface area contributed by atoms with E-state index in [1.165, 1.54) is 33.2 Å². The molecule has 1 aromatic rings. The third-order valence-corrected chi connectivity index (χ3v) is 4.73. The SMILES string of the molecule is COC(=O)[C@H](C)N(C)S(=O)(=O)c1ccc(C)cc1. The number of ether oxygens (including phenoxy) is 1. The minimum Gasteiger partial charge on any atom is -0.468 e. The number of methoxy groups -OCH3 is 1. The fraction of sp³-hybridized carbons (Fsp3) is 0.417. The highest BCUT2D eigenvalue weighted by Gasteiger charge is 2.29. The van der Waals surface area contributed by atoms with Crippen LogP contribution in [0.4, 0.5) is 0 Å². The number of hydrogen-bond donors (Lipinski definition) is 0. The van der Waals surface area contributed by atoms with E-state index in [-0.39, 0.29) is 4.90 Å². The molecule has 0 unspecified atom stereocenters. The molecule has 0 spiro atoms. The van der Waals surface area contributed by atoms with Crippen LogP contribution in [0.5, 0.6) is 0 Å². The molecule has 0 radical (unpaired) electrons. The standard InChI is InChI=1S/C12H17NO4S/c1-9-5-7-11(8-6-9)18(15,16)13(3)10(2)12(14)17-4/h5-8,10H,1-4H3/t10-/m0/s1. The Kier molecular flexibility index (Phi) is 4.48. The molecule has 18 heavy (non-hydrogen) atoms. The lowest BCUT2D eigenvalue weighted by Crippen LogP contribution is -2.40. The largest absolute Gasteiger partial charge is 0.468 e. The summed E-state index contributed by atoms with van der Waals surface area (Å²) in [5.74, 6) is -0.590. The van der Waals surface area contributed by atoms with E-state index in [0.29, 0.717) is 0 Å². The van der Waals surface area contributed by atoms with Crippen molar-refractivity contribution in [3.8, 4) is 0 Å². The third-order valence-electron chi connectivity index (χ3n) is 2.79. The van der Waals surface area contributed by atoms with Crippen LogP contribution in [-0.4, -0.2) is 38.9 Å². The summed E-state index contributed by atoms with van der Waals surface area (Å²) in [6.45, 7) is 3.36. The summed E-state index contributed by atoms with van der Waals surface area (Å²) in [6.07, 6.45) is 0. The van der Waals surface area contributed by atoms with Gasteiger partial charge in [0.25, 0.3) is 0 Å². The highest BCUT2D eigenvalue weighted by Crippen LogP contribution is 2.17. The normalized spacial score (nSPS) is 13.4. The smallest absolute Gasteiger partial charge is 0.323 e. The summed E-state index contributed by atoms with van der Waals surface area (Å²) in [4.78, 5) is 11.5. The van der Waals surface area contributed by atoms with Crippen LogP contribution < -0.4 is 0 Å². The first-order valence-electron chi connectivity index (χ1n) is 5.43. The highest BCUT2D eigenvalue weighted by molar-refractivity contribution is 7.89. The predicted octanol–water partition coefficient (Wildman–Crippen LogP) is 1.18. The first-order chi connectivity index (χ1) is 8.30. The van der Waals surface area contributed by atoms with Gasteiger partial charge in [-0.2, -0.15) is 4.31 Å². The van der Waals surface area contributed by atoms with Crippen molar-refractivity contribution in [2.75, 3.05) is 14.2 Å². The zero-order chi connectivity index (χ0) is 13.9. The molecule has 6 heteroatoms. The van der Waals surface area contributed by atoms with Crippen LogP contribution in [-0.2, 0) is 19.6 Å². The Bertz CT molecular complexity index is 522. The molecule has 0 aromatic heterocycles. The van der Waals surface area contributed by atoms with E-state index < -0.39 is 22.0 Å². The predicted molar refractivity (Wildman–Crippen MR) is 67.6 cm³/mol. The Morgan fingerprint density at radius 2 is 1.78 bits per heavy atom. The fourth-order valence-electron chi connectivity index (χ4n) is 1.40. The summed E-state index contributed by atoms with van der Waals surface area (Å²) < 4.78 is 30.0. The van der Waals surface area contributed by atoms with Gasteiger partial charge in [-0.25, -0.2) is 8.42 Å². The van der Waals surface area contributed by atoms with Crippen LogP contribution >= 0.6 is 0 Å². The maximum atomic E-state index is 12.2. The van der Waals surface area contributed by atoms with Gasteiger partial charge >= 0.3 is 5.97 Å². The van der Waals surface area contributed by atoms with Crippen LogP contribution in [0.15, 0.2) is 29.2 Å². The molecule has 1 aromatic carbocycles. The molecule has 100 valence electrons. The molecule has 0 amide bonds. The monoisotopic (exact) mass is 271 g/mol. The van der Waals surface area contributed by atoms with Crippen molar-refractivity contribution >= 4 is 16.0 Å².